The fourth-order valence-corrected chi connectivity index (χ4v) is 0.715. The summed E-state index contributed by atoms with van der Waals surface area (Å²) in [6, 6.07) is -0.219. The smallest absolute Gasteiger partial charge is 0.0629 e. The molecule has 1 heteroatoms. The van der Waals surface area contributed by atoms with E-state index < -0.39 is 13.8 Å². The van der Waals surface area contributed by atoms with Crippen LogP contribution in [0.3, 0.4) is 0 Å². The summed E-state index contributed by atoms with van der Waals surface area (Å²) in [4.78, 5) is 0. The molecule has 0 aliphatic carbocycles. The minimum absolute atomic E-state index is 0.0204. The van der Waals surface area contributed by atoms with Gasteiger partial charge >= 0.3 is 0 Å². The molecule has 0 bridgehead atoms. The Balaban J connectivity index is 3.66. The van der Waals surface area contributed by atoms with E-state index in [9.17, 15) is 0 Å². The molecule has 1 aromatic rings. The number of anilines is 1. The van der Waals surface area contributed by atoms with E-state index in [2.05, 4.69) is 0 Å². The second kappa shape index (κ2) is 2.33. The molecule has 0 spiro atoms. The molecule has 10 heavy (non-hydrogen) atoms. The average Bonchev–Trinajstić information content (AvgIpc) is 2.13. The molecule has 0 saturated heterocycles. The third-order valence-electron chi connectivity index (χ3n) is 1.22. The van der Waals surface area contributed by atoms with Gasteiger partial charge in [-0.05, 0) is 31.8 Å². The molecule has 0 heterocycles. The fraction of sp³-hybridized carbons (Fsp3) is 0.333. The molecule has 0 aliphatic rings. The van der Waals surface area contributed by atoms with Crippen LogP contribution in [-0.2, 0) is 0 Å². The quantitative estimate of drug-likeness (QED) is 0.551. The molecule has 0 saturated carbocycles. The Morgan fingerprint density at radius 1 is 1.40 bits per heavy atom. The zero-order chi connectivity index (χ0) is 12.6. The summed E-state index contributed by atoms with van der Waals surface area (Å²) in [6.07, 6.45) is 0. The largest absolute Gasteiger partial charge is 0.398 e. The van der Waals surface area contributed by atoms with Crippen molar-refractivity contribution in [2.24, 2.45) is 0 Å². The van der Waals surface area contributed by atoms with Crippen molar-refractivity contribution in [3.63, 3.8) is 0 Å². The van der Waals surface area contributed by atoms with Crippen LogP contribution in [0.25, 0.3) is 0 Å². The van der Waals surface area contributed by atoms with Gasteiger partial charge in [-0.3, -0.25) is 0 Å². The van der Waals surface area contributed by atoms with Gasteiger partial charge in [0.2, 0.25) is 0 Å². The maximum Gasteiger partial charge on any atom is 0.0629 e. The molecule has 0 aromatic heterocycles. The third-order valence-corrected chi connectivity index (χ3v) is 1.22. The predicted molar refractivity (Wildman–Crippen MR) is 45.1 cm³/mol. The highest BCUT2D eigenvalue weighted by atomic mass is 14.6. The standard InChI is InChI=1S/C9H13N/c1-6-4-7(2)9(10)8(3)5-6/h4-5H,10H2,1-3H3/i2D2,3D2,4D,5D. The van der Waals surface area contributed by atoms with Crippen LogP contribution in [0.15, 0.2) is 12.1 Å². The van der Waals surface area contributed by atoms with E-state index in [1.165, 1.54) is 6.92 Å². The van der Waals surface area contributed by atoms with Gasteiger partial charge in [0.05, 0.1) is 2.74 Å². The first-order valence-corrected chi connectivity index (χ1v) is 2.87. The molecular weight excluding hydrogens is 122 g/mol. The third kappa shape index (κ3) is 1.13. The van der Waals surface area contributed by atoms with Crippen molar-refractivity contribution in [1.29, 1.82) is 0 Å². The van der Waals surface area contributed by atoms with E-state index in [-0.39, 0.29) is 34.5 Å². The van der Waals surface area contributed by atoms with Gasteiger partial charge < -0.3 is 5.73 Å². The Morgan fingerprint density at radius 3 is 2.30 bits per heavy atom. The van der Waals surface area contributed by atoms with Gasteiger partial charge in [0.15, 0.2) is 0 Å². The molecule has 54 valence electrons. The van der Waals surface area contributed by atoms with E-state index in [4.69, 9.17) is 14.0 Å². The summed E-state index contributed by atoms with van der Waals surface area (Å²) in [5, 5.41) is 0. The van der Waals surface area contributed by atoms with Crippen molar-refractivity contribution in [2.75, 3.05) is 5.73 Å². The highest BCUT2D eigenvalue weighted by Gasteiger charge is 1.96. The second-order valence-electron chi connectivity index (χ2n) is 2.12. The zero-order valence-electron chi connectivity index (χ0n) is 11.7. The van der Waals surface area contributed by atoms with Gasteiger partial charge in [0.25, 0.3) is 0 Å². The normalized spacial score (nSPS) is 19.1. The lowest BCUT2D eigenvalue weighted by molar-refractivity contribution is 1.33. The molecule has 2 N–H and O–H groups in total. The number of nitrogens with two attached hydrogens (primary N) is 1. The van der Waals surface area contributed by atoms with E-state index in [0.29, 0.717) is 0 Å². The van der Waals surface area contributed by atoms with Gasteiger partial charge in [-0.2, -0.15) is 0 Å². The first-order chi connectivity index (χ1) is 7.29. The first-order valence-electron chi connectivity index (χ1n) is 6.18. The number of hydrogen-bond donors (Lipinski definition) is 1. The van der Waals surface area contributed by atoms with Crippen LogP contribution in [0.2, 0.25) is 0 Å². The van der Waals surface area contributed by atoms with E-state index >= 15 is 0 Å². The van der Waals surface area contributed by atoms with Crippen molar-refractivity contribution < 1.29 is 8.22 Å². The molecule has 0 unspecified atom stereocenters. The van der Waals surface area contributed by atoms with Crippen LogP contribution in [0, 0.1) is 20.7 Å². The summed E-state index contributed by atoms with van der Waals surface area (Å²) >= 11 is 0. The molecule has 1 aromatic carbocycles. The minimum Gasteiger partial charge on any atom is -0.398 e. The maximum atomic E-state index is 7.68. The summed E-state index contributed by atoms with van der Waals surface area (Å²) in [5.41, 5.74) is 5.75. The molecule has 0 amide bonds. The second-order valence-corrected chi connectivity index (χ2v) is 2.12. The van der Waals surface area contributed by atoms with Crippen molar-refractivity contribution in [1.82, 2.24) is 0 Å². The molecule has 0 atom stereocenters. The monoisotopic (exact) mass is 141 g/mol. The molecule has 0 aliphatic heterocycles. The van der Waals surface area contributed by atoms with Crippen LogP contribution >= 0.6 is 0 Å². The highest BCUT2D eigenvalue weighted by Crippen LogP contribution is 2.17. The Kier molecular flexibility index (Phi) is 0.600. The van der Waals surface area contributed by atoms with E-state index in [1.807, 2.05) is 0 Å². The molecule has 1 nitrogen and oxygen atoms in total. The molecule has 0 fully saturated rings. The van der Waals surface area contributed by atoms with E-state index in [1.54, 1.807) is 0 Å². The van der Waals surface area contributed by atoms with Crippen molar-refractivity contribution in [3.05, 3.63) is 28.8 Å². The van der Waals surface area contributed by atoms with Gasteiger partial charge in [-0.25, -0.2) is 0 Å². The topological polar surface area (TPSA) is 26.0 Å². The molecule has 0 radical (unpaired) electrons. The summed E-state index contributed by atoms with van der Waals surface area (Å²) in [5.74, 6) is 0. The SMILES string of the molecule is [2H]c1c(C)c([2H])c(C([2H])[2H])c(N)c1C([2H])[2H]. The Morgan fingerprint density at radius 2 is 1.90 bits per heavy atom. The zero-order valence-corrected chi connectivity index (χ0v) is 5.73. The highest BCUT2D eigenvalue weighted by molar-refractivity contribution is 5.54. The van der Waals surface area contributed by atoms with Gasteiger partial charge in [-0.15, -0.1) is 0 Å². The Labute approximate surface area is 70.3 Å². The average molecular weight is 141 g/mol. The number of hydrogen-bond acceptors (Lipinski definition) is 1. The van der Waals surface area contributed by atoms with Crippen molar-refractivity contribution >= 4 is 5.69 Å². The lowest BCUT2D eigenvalue weighted by Gasteiger charge is -2.04. The summed E-state index contributed by atoms with van der Waals surface area (Å²) in [6.45, 7) is -1.38. The van der Waals surface area contributed by atoms with Crippen LogP contribution in [0.1, 0.15) is 24.9 Å². The lowest BCUT2D eigenvalue weighted by Crippen LogP contribution is -1.93. The summed E-state index contributed by atoms with van der Waals surface area (Å²) in [7, 11) is 0. The van der Waals surface area contributed by atoms with Crippen LogP contribution < -0.4 is 5.73 Å². The Bertz CT molecular complexity index is 380. The van der Waals surface area contributed by atoms with Gasteiger partial charge in [-0.1, -0.05) is 17.6 Å². The minimum atomic E-state index is -1.44. The van der Waals surface area contributed by atoms with Crippen molar-refractivity contribution in [2.45, 2.75) is 20.7 Å². The number of benzene rings is 1. The number of nitrogen functional groups attached to an aromatic ring is 1. The van der Waals surface area contributed by atoms with E-state index in [0.717, 1.165) is 0 Å². The molecule has 1 rings (SSSR count). The van der Waals surface area contributed by atoms with Gasteiger partial charge in [0, 0.05) is 11.2 Å². The first kappa shape index (κ1) is 2.57. The lowest BCUT2D eigenvalue weighted by atomic mass is 10.1. The number of rotatable bonds is 0. The van der Waals surface area contributed by atoms with Crippen LogP contribution in [0.4, 0.5) is 5.69 Å². The Hall–Kier alpha value is -0.980. The predicted octanol–water partition coefficient (Wildman–Crippen LogP) is 2.19. The summed E-state index contributed by atoms with van der Waals surface area (Å²) < 4.78 is 44.5. The van der Waals surface area contributed by atoms with Crippen LogP contribution in [0.5, 0.6) is 0 Å². The maximum absolute atomic E-state index is 7.68. The van der Waals surface area contributed by atoms with Crippen molar-refractivity contribution in [3.8, 4) is 0 Å². The van der Waals surface area contributed by atoms with Crippen LogP contribution in [-0.4, -0.2) is 0 Å². The van der Waals surface area contributed by atoms with Gasteiger partial charge in [0.1, 0.15) is 0 Å². The molecular formula is C9H13N. The fourth-order valence-electron chi connectivity index (χ4n) is 0.715.